The fourth-order valence-corrected chi connectivity index (χ4v) is 2.67. The van der Waals surface area contributed by atoms with Crippen molar-refractivity contribution in [1.29, 1.82) is 0 Å². The molecule has 0 radical (unpaired) electrons. The number of amides is 1. The first-order chi connectivity index (χ1) is 10.0. The third kappa shape index (κ3) is 3.55. The SMILES string of the molecule is CCOC(=O)c1cc2ccccc2cc1SC(=O)N(C)C. The van der Waals surface area contributed by atoms with Gasteiger partial charge in [-0.2, -0.15) is 0 Å². The zero-order valence-electron chi connectivity index (χ0n) is 12.3. The second kappa shape index (κ2) is 6.63. The molecule has 0 aromatic heterocycles. The molecule has 5 heteroatoms. The normalized spacial score (nSPS) is 10.4. The number of esters is 1. The van der Waals surface area contributed by atoms with Crippen LogP contribution < -0.4 is 0 Å². The van der Waals surface area contributed by atoms with E-state index in [1.807, 2.05) is 30.3 Å². The maximum atomic E-state index is 12.1. The number of hydrogen-bond acceptors (Lipinski definition) is 4. The largest absolute Gasteiger partial charge is 0.462 e. The summed E-state index contributed by atoms with van der Waals surface area (Å²) in [6.07, 6.45) is 0. The summed E-state index contributed by atoms with van der Waals surface area (Å²) in [6.45, 7) is 2.06. The van der Waals surface area contributed by atoms with Crippen LogP contribution in [-0.2, 0) is 4.74 Å². The Bertz CT molecular complexity index is 682. The molecule has 0 bridgehead atoms. The van der Waals surface area contributed by atoms with Gasteiger partial charge in [0.15, 0.2) is 0 Å². The first-order valence-electron chi connectivity index (χ1n) is 6.62. The van der Waals surface area contributed by atoms with Crippen LogP contribution in [0.3, 0.4) is 0 Å². The molecule has 0 aliphatic carbocycles. The van der Waals surface area contributed by atoms with Crippen molar-refractivity contribution in [3.8, 4) is 0 Å². The first-order valence-corrected chi connectivity index (χ1v) is 7.43. The van der Waals surface area contributed by atoms with Gasteiger partial charge in [-0.3, -0.25) is 4.79 Å². The van der Waals surface area contributed by atoms with E-state index in [0.717, 1.165) is 22.5 Å². The Morgan fingerprint density at radius 1 is 1.14 bits per heavy atom. The highest BCUT2D eigenvalue weighted by atomic mass is 32.2. The van der Waals surface area contributed by atoms with Crippen LogP contribution >= 0.6 is 11.8 Å². The summed E-state index contributed by atoms with van der Waals surface area (Å²) in [5.41, 5.74) is 0.427. The number of nitrogens with zero attached hydrogens (tertiary/aromatic N) is 1. The topological polar surface area (TPSA) is 46.6 Å². The van der Waals surface area contributed by atoms with E-state index >= 15 is 0 Å². The number of fused-ring (bicyclic) bond motifs is 1. The lowest BCUT2D eigenvalue weighted by molar-refractivity contribution is 0.0522. The van der Waals surface area contributed by atoms with Gasteiger partial charge < -0.3 is 9.64 Å². The van der Waals surface area contributed by atoms with Crippen molar-refractivity contribution in [2.24, 2.45) is 0 Å². The maximum absolute atomic E-state index is 12.1. The smallest absolute Gasteiger partial charge is 0.339 e. The minimum atomic E-state index is -0.405. The average Bonchev–Trinajstić information content (AvgIpc) is 2.46. The van der Waals surface area contributed by atoms with E-state index in [0.29, 0.717) is 17.1 Å². The Morgan fingerprint density at radius 2 is 1.76 bits per heavy atom. The summed E-state index contributed by atoms with van der Waals surface area (Å²) in [5, 5.41) is 1.80. The number of rotatable bonds is 3. The standard InChI is InChI=1S/C16H17NO3S/c1-4-20-15(18)13-9-11-7-5-6-8-12(11)10-14(13)21-16(19)17(2)3/h5-10H,4H2,1-3H3. The first kappa shape index (κ1) is 15.4. The average molecular weight is 303 g/mol. The Balaban J connectivity index is 2.50. The monoisotopic (exact) mass is 303 g/mol. The molecule has 0 aliphatic rings. The minimum Gasteiger partial charge on any atom is -0.462 e. The van der Waals surface area contributed by atoms with Crippen LogP contribution in [0.25, 0.3) is 10.8 Å². The highest BCUT2D eigenvalue weighted by Crippen LogP contribution is 2.30. The van der Waals surface area contributed by atoms with Gasteiger partial charge in [0.1, 0.15) is 0 Å². The highest BCUT2D eigenvalue weighted by Gasteiger charge is 2.18. The fourth-order valence-electron chi connectivity index (χ4n) is 1.86. The molecule has 2 aromatic rings. The molecule has 2 rings (SSSR count). The number of carbonyl (C=O) groups is 2. The Labute approximate surface area is 128 Å². The van der Waals surface area contributed by atoms with Crippen molar-refractivity contribution in [3.05, 3.63) is 42.0 Å². The van der Waals surface area contributed by atoms with E-state index in [4.69, 9.17) is 4.74 Å². The van der Waals surface area contributed by atoms with Gasteiger partial charge in [0.05, 0.1) is 12.2 Å². The highest BCUT2D eigenvalue weighted by molar-refractivity contribution is 8.13. The second-order valence-electron chi connectivity index (χ2n) is 4.68. The van der Waals surface area contributed by atoms with Gasteiger partial charge in [0.25, 0.3) is 5.24 Å². The van der Waals surface area contributed by atoms with Gasteiger partial charge in [-0.15, -0.1) is 0 Å². The van der Waals surface area contributed by atoms with Crippen molar-refractivity contribution in [2.75, 3.05) is 20.7 Å². The number of benzene rings is 2. The molecule has 0 atom stereocenters. The predicted octanol–water partition coefficient (Wildman–Crippen LogP) is 3.79. The van der Waals surface area contributed by atoms with Crippen LogP contribution in [-0.4, -0.2) is 36.8 Å². The van der Waals surface area contributed by atoms with Crippen molar-refractivity contribution in [3.63, 3.8) is 0 Å². The zero-order valence-corrected chi connectivity index (χ0v) is 13.1. The molecular weight excluding hydrogens is 286 g/mol. The summed E-state index contributed by atoms with van der Waals surface area (Å²) in [4.78, 5) is 26.1. The van der Waals surface area contributed by atoms with Gasteiger partial charge >= 0.3 is 5.97 Å². The molecule has 0 spiro atoms. The van der Waals surface area contributed by atoms with Gasteiger partial charge in [-0.1, -0.05) is 24.3 Å². The molecule has 0 heterocycles. The summed E-state index contributed by atoms with van der Waals surface area (Å²) in [5.74, 6) is -0.405. The van der Waals surface area contributed by atoms with Gasteiger partial charge in [0.2, 0.25) is 0 Å². The lowest BCUT2D eigenvalue weighted by Crippen LogP contribution is -2.17. The number of hydrogen-bond donors (Lipinski definition) is 0. The molecule has 110 valence electrons. The fraction of sp³-hybridized carbons (Fsp3) is 0.250. The molecule has 4 nitrogen and oxygen atoms in total. The van der Waals surface area contributed by atoms with Gasteiger partial charge in [-0.25, -0.2) is 4.79 Å². The molecule has 0 aliphatic heterocycles. The maximum Gasteiger partial charge on any atom is 0.339 e. The van der Waals surface area contributed by atoms with E-state index in [1.54, 1.807) is 27.1 Å². The lowest BCUT2D eigenvalue weighted by Gasteiger charge is -2.13. The number of thioether (sulfide) groups is 1. The number of carbonyl (C=O) groups excluding carboxylic acids is 2. The molecule has 0 unspecified atom stereocenters. The Hall–Kier alpha value is -2.01. The molecular formula is C16H17NO3S. The predicted molar refractivity (Wildman–Crippen MR) is 84.8 cm³/mol. The van der Waals surface area contributed by atoms with Gasteiger partial charge in [0, 0.05) is 19.0 Å². The van der Waals surface area contributed by atoms with Crippen molar-refractivity contribution in [1.82, 2.24) is 4.90 Å². The van der Waals surface area contributed by atoms with E-state index in [1.165, 1.54) is 4.90 Å². The van der Waals surface area contributed by atoms with Crippen LogP contribution in [0.5, 0.6) is 0 Å². The molecule has 0 saturated carbocycles. The number of ether oxygens (including phenoxy) is 1. The van der Waals surface area contributed by atoms with E-state index in [-0.39, 0.29) is 5.24 Å². The van der Waals surface area contributed by atoms with Crippen LogP contribution in [0.15, 0.2) is 41.3 Å². The van der Waals surface area contributed by atoms with Crippen LogP contribution in [0.2, 0.25) is 0 Å². The Kier molecular flexibility index (Phi) is 4.85. The van der Waals surface area contributed by atoms with Crippen LogP contribution in [0, 0.1) is 0 Å². The van der Waals surface area contributed by atoms with E-state index < -0.39 is 5.97 Å². The minimum absolute atomic E-state index is 0.129. The summed E-state index contributed by atoms with van der Waals surface area (Å²) in [7, 11) is 3.36. The quantitative estimate of drug-likeness (QED) is 0.639. The summed E-state index contributed by atoms with van der Waals surface area (Å²) >= 11 is 1.03. The van der Waals surface area contributed by atoms with E-state index in [2.05, 4.69) is 0 Å². The van der Waals surface area contributed by atoms with Crippen molar-refractivity contribution < 1.29 is 14.3 Å². The van der Waals surface area contributed by atoms with Crippen molar-refractivity contribution in [2.45, 2.75) is 11.8 Å². The van der Waals surface area contributed by atoms with Crippen molar-refractivity contribution >= 4 is 33.7 Å². The summed E-state index contributed by atoms with van der Waals surface area (Å²) < 4.78 is 5.08. The zero-order chi connectivity index (χ0) is 15.4. The summed E-state index contributed by atoms with van der Waals surface area (Å²) in [6, 6.07) is 11.4. The molecule has 2 aromatic carbocycles. The Morgan fingerprint density at radius 3 is 2.33 bits per heavy atom. The second-order valence-corrected chi connectivity index (χ2v) is 5.67. The molecule has 0 fully saturated rings. The van der Waals surface area contributed by atoms with Crippen LogP contribution in [0.1, 0.15) is 17.3 Å². The van der Waals surface area contributed by atoms with E-state index in [9.17, 15) is 9.59 Å². The van der Waals surface area contributed by atoms with Crippen LogP contribution in [0.4, 0.5) is 4.79 Å². The molecule has 21 heavy (non-hydrogen) atoms. The molecule has 1 amide bonds. The molecule has 0 saturated heterocycles. The molecule has 0 N–H and O–H groups in total. The third-order valence-corrected chi connectivity index (χ3v) is 4.00. The van der Waals surface area contributed by atoms with Gasteiger partial charge in [-0.05, 0) is 41.6 Å². The lowest BCUT2D eigenvalue weighted by atomic mass is 10.1. The third-order valence-electron chi connectivity index (χ3n) is 2.91.